The summed E-state index contributed by atoms with van der Waals surface area (Å²) < 4.78 is 0. The molecule has 0 spiro atoms. The van der Waals surface area contributed by atoms with Gasteiger partial charge in [-0.25, -0.2) is 0 Å². The number of hydrogen-bond acceptors (Lipinski definition) is 1. The maximum atomic E-state index is 3.36. The van der Waals surface area contributed by atoms with Crippen LogP contribution in [0, 0.1) is 5.92 Å². The molecule has 0 aromatic heterocycles. The Labute approximate surface area is 71.6 Å². The van der Waals surface area contributed by atoms with Crippen LogP contribution in [-0.2, 0) is 0 Å². The van der Waals surface area contributed by atoms with Gasteiger partial charge >= 0.3 is 0 Å². The third-order valence-corrected chi connectivity index (χ3v) is 2.11. The van der Waals surface area contributed by atoms with Crippen LogP contribution in [0.25, 0.3) is 0 Å². The van der Waals surface area contributed by atoms with Crippen LogP contribution in [0.5, 0.6) is 0 Å². The molecule has 68 valence electrons. The average molecular weight is 157 g/mol. The fraction of sp³-hybridized carbons (Fsp3) is 1.00. The first-order valence-corrected chi connectivity index (χ1v) is 5.02. The quantitative estimate of drug-likeness (QED) is 0.560. The van der Waals surface area contributed by atoms with Crippen molar-refractivity contribution in [1.82, 2.24) is 5.32 Å². The summed E-state index contributed by atoms with van der Waals surface area (Å²) in [5.41, 5.74) is 0. The maximum absolute atomic E-state index is 3.36. The van der Waals surface area contributed by atoms with E-state index in [9.17, 15) is 0 Å². The number of hydrogen-bond donors (Lipinski definition) is 1. The van der Waals surface area contributed by atoms with Crippen molar-refractivity contribution >= 4 is 0 Å². The lowest BCUT2D eigenvalue weighted by molar-refractivity contribution is 0.457. The Morgan fingerprint density at radius 3 is 2.45 bits per heavy atom. The van der Waals surface area contributed by atoms with Gasteiger partial charge in [-0.05, 0) is 25.4 Å². The highest BCUT2D eigenvalue weighted by Crippen LogP contribution is 2.10. The zero-order valence-corrected chi connectivity index (χ0v) is 8.32. The van der Waals surface area contributed by atoms with E-state index in [0.717, 1.165) is 12.5 Å². The normalized spacial score (nSPS) is 13.4. The monoisotopic (exact) mass is 157 g/mol. The SMILES string of the molecule is CCCCC(C)CCNCC. The van der Waals surface area contributed by atoms with Gasteiger partial charge in [-0.2, -0.15) is 0 Å². The highest BCUT2D eigenvalue weighted by molar-refractivity contribution is 4.54. The van der Waals surface area contributed by atoms with E-state index in [1.807, 2.05) is 0 Å². The third-order valence-electron chi connectivity index (χ3n) is 2.11. The van der Waals surface area contributed by atoms with E-state index < -0.39 is 0 Å². The maximum Gasteiger partial charge on any atom is -0.00465 e. The molecule has 0 aliphatic heterocycles. The molecule has 0 radical (unpaired) electrons. The second-order valence-electron chi connectivity index (χ2n) is 3.39. The molecule has 1 nitrogen and oxygen atoms in total. The molecule has 0 fully saturated rings. The molecule has 1 N–H and O–H groups in total. The van der Waals surface area contributed by atoms with Gasteiger partial charge in [0.25, 0.3) is 0 Å². The molecule has 0 bridgehead atoms. The third kappa shape index (κ3) is 7.86. The van der Waals surface area contributed by atoms with Crippen molar-refractivity contribution < 1.29 is 0 Å². The van der Waals surface area contributed by atoms with Gasteiger partial charge in [-0.15, -0.1) is 0 Å². The van der Waals surface area contributed by atoms with Gasteiger partial charge in [0.1, 0.15) is 0 Å². The van der Waals surface area contributed by atoms with E-state index >= 15 is 0 Å². The molecule has 0 saturated heterocycles. The summed E-state index contributed by atoms with van der Waals surface area (Å²) >= 11 is 0. The van der Waals surface area contributed by atoms with Gasteiger partial charge in [0.15, 0.2) is 0 Å². The number of unbranched alkanes of at least 4 members (excludes halogenated alkanes) is 1. The van der Waals surface area contributed by atoms with Crippen molar-refractivity contribution in [3.05, 3.63) is 0 Å². The Balaban J connectivity index is 3.02. The highest BCUT2D eigenvalue weighted by atomic mass is 14.8. The van der Waals surface area contributed by atoms with Crippen LogP contribution in [0.2, 0.25) is 0 Å². The minimum absolute atomic E-state index is 0.911. The first-order valence-electron chi connectivity index (χ1n) is 5.02. The van der Waals surface area contributed by atoms with Crippen LogP contribution in [0.3, 0.4) is 0 Å². The molecular formula is C10H23N. The molecule has 11 heavy (non-hydrogen) atoms. The van der Waals surface area contributed by atoms with E-state index in [-0.39, 0.29) is 0 Å². The predicted octanol–water partition coefficient (Wildman–Crippen LogP) is 2.81. The topological polar surface area (TPSA) is 12.0 Å². The molecule has 0 amide bonds. The van der Waals surface area contributed by atoms with Gasteiger partial charge in [0.2, 0.25) is 0 Å². The van der Waals surface area contributed by atoms with Crippen LogP contribution in [-0.4, -0.2) is 13.1 Å². The lowest BCUT2D eigenvalue weighted by atomic mass is 10.0. The Hall–Kier alpha value is -0.0400. The minimum Gasteiger partial charge on any atom is -0.317 e. The van der Waals surface area contributed by atoms with E-state index in [1.54, 1.807) is 0 Å². The van der Waals surface area contributed by atoms with E-state index in [4.69, 9.17) is 0 Å². The van der Waals surface area contributed by atoms with Crippen LogP contribution >= 0.6 is 0 Å². The van der Waals surface area contributed by atoms with Crippen molar-refractivity contribution in [2.75, 3.05) is 13.1 Å². The first-order chi connectivity index (χ1) is 5.31. The van der Waals surface area contributed by atoms with Crippen molar-refractivity contribution in [3.8, 4) is 0 Å². The Morgan fingerprint density at radius 1 is 1.18 bits per heavy atom. The Bertz CT molecular complexity index is 71.3. The molecule has 0 aliphatic rings. The molecule has 0 rings (SSSR count). The molecule has 0 saturated carbocycles. The first kappa shape index (κ1) is 11.0. The van der Waals surface area contributed by atoms with E-state index in [0.29, 0.717) is 0 Å². The summed E-state index contributed by atoms with van der Waals surface area (Å²) in [6, 6.07) is 0. The Morgan fingerprint density at radius 2 is 1.91 bits per heavy atom. The largest absolute Gasteiger partial charge is 0.317 e. The molecule has 0 heterocycles. The summed E-state index contributed by atoms with van der Waals surface area (Å²) in [7, 11) is 0. The molecule has 0 aromatic rings. The minimum atomic E-state index is 0.911. The summed E-state index contributed by atoms with van der Waals surface area (Å²) in [4.78, 5) is 0. The summed E-state index contributed by atoms with van der Waals surface area (Å²) in [5, 5.41) is 3.36. The second kappa shape index (κ2) is 8.06. The van der Waals surface area contributed by atoms with Crippen LogP contribution < -0.4 is 5.32 Å². The lowest BCUT2D eigenvalue weighted by Gasteiger charge is -2.09. The van der Waals surface area contributed by atoms with Crippen molar-refractivity contribution in [1.29, 1.82) is 0 Å². The van der Waals surface area contributed by atoms with Gasteiger partial charge in [-0.3, -0.25) is 0 Å². The van der Waals surface area contributed by atoms with Crippen molar-refractivity contribution in [2.45, 2.75) is 46.5 Å². The summed E-state index contributed by atoms with van der Waals surface area (Å²) in [5.74, 6) is 0.911. The molecule has 1 heteroatoms. The second-order valence-corrected chi connectivity index (χ2v) is 3.39. The van der Waals surface area contributed by atoms with Gasteiger partial charge < -0.3 is 5.32 Å². The fourth-order valence-electron chi connectivity index (χ4n) is 1.22. The Kier molecular flexibility index (Phi) is 8.03. The average Bonchev–Trinajstić information content (AvgIpc) is 2.01. The molecule has 0 aliphatic carbocycles. The van der Waals surface area contributed by atoms with E-state index in [2.05, 4.69) is 26.1 Å². The predicted molar refractivity (Wildman–Crippen MR) is 51.8 cm³/mol. The smallest absolute Gasteiger partial charge is 0.00465 e. The van der Waals surface area contributed by atoms with Crippen molar-refractivity contribution in [2.24, 2.45) is 5.92 Å². The molecular weight excluding hydrogens is 134 g/mol. The highest BCUT2D eigenvalue weighted by Gasteiger charge is 1.99. The molecule has 0 aromatic carbocycles. The van der Waals surface area contributed by atoms with Gasteiger partial charge in [-0.1, -0.05) is 40.0 Å². The number of rotatable bonds is 7. The fourth-order valence-corrected chi connectivity index (χ4v) is 1.22. The molecule has 1 unspecified atom stereocenters. The summed E-state index contributed by atoms with van der Waals surface area (Å²) in [6.45, 7) is 9.09. The van der Waals surface area contributed by atoms with Crippen LogP contribution in [0.15, 0.2) is 0 Å². The number of nitrogens with one attached hydrogen (secondary N) is 1. The standard InChI is InChI=1S/C10H23N/c1-4-6-7-10(3)8-9-11-5-2/h10-11H,4-9H2,1-3H3. The zero-order chi connectivity index (χ0) is 8.53. The van der Waals surface area contributed by atoms with Crippen LogP contribution in [0.1, 0.15) is 46.5 Å². The van der Waals surface area contributed by atoms with Crippen LogP contribution in [0.4, 0.5) is 0 Å². The lowest BCUT2D eigenvalue weighted by Crippen LogP contribution is -2.16. The molecule has 1 atom stereocenters. The zero-order valence-electron chi connectivity index (χ0n) is 8.32. The van der Waals surface area contributed by atoms with Gasteiger partial charge in [0.05, 0.1) is 0 Å². The van der Waals surface area contributed by atoms with Gasteiger partial charge in [0, 0.05) is 0 Å². The van der Waals surface area contributed by atoms with Crippen molar-refractivity contribution in [3.63, 3.8) is 0 Å². The van der Waals surface area contributed by atoms with E-state index in [1.165, 1.54) is 32.2 Å². The summed E-state index contributed by atoms with van der Waals surface area (Å²) in [6.07, 6.45) is 5.48.